The number of anilines is 1. The molecule has 0 fully saturated rings. The van der Waals surface area contributed by atoms with E-state index < -0.39 is 0 Å². The molecule has 1 rings (SSSR count). The van der Waals surface area contributed by atoms with Gasteiger partial charge in [-0.3, -0.25) is 4.79 Å². The van der Waals surface area contributed by atoms with Crippen LogP contribution in [0.15, 0.2) is 23.1 Å². The number of carbonyl (C=O) groups is 1. The number of amides is 1. The van der Waals surface area contributed by atoms with E-state index >= 15 is 0 Å². The van der Waals surface area contributed by atoms with Gasteiger partial charge in [-0.25, -0.2) is 0 Å². The van der Waals surface area contributed by atoms with E-state index in [2.05, 4.69) is 0 Å². The number of hydrogen-bond acceptors (Lipinski definition) is 4. The Labute approximate surface area is 112 Å². The summed E-state index contributed by atoms with van der Waals surface area (Å²) in [5.74, 6) is -0.0355. The lowest BCUT2D eigenvalue weighted by Gasteiger charge is -2.14. The molecule has 0 aromatic heterocycles. The maximum Gasteiger partial charge on any atom is 0.253 e. The van der Waals surface area contributed by atoms with Crippen molar-refractivity contribution in [1.82, 2.24) is 4.90 Å². The van der Waals surface area contributed by atoms with E-state index in [1.807, 2.05) is 13.0 Å². The van der Waals surface area contributed by atoms with E-state index in [1.165, 1.54) is 4.90 Å². The molecule has 1 amide bonds. The molecule has 3 N–H and O–H groups in total. The summed E-state index contributed by atoms with van der Waals surface area (Å²) < 4.78 is 0. The summed E-state index contributed by atoms with van der Waals surface area (Å²) >= 11 is 1.58. The van der Waals surface area contributed by atoms with Crippen molar-refractivity contribution in [3.05, 3.63) is 23.8 Å². The molecule has 1 aromatic rings. The summed E-state index contributed by atoms with van der Waals surface area (Å²) in [6, 6.07) is 5.30. The average molecular weight is 268 g/mol. The smallest absolute Gasteiger partial charge is 0.253 e. The largest absolute Gasteiger partial charge is 0.398 e. The molecule has 0 aliphatic heterocycles. The molecule has 0 aliphatic rings. The molecule has 0 heterocycles. The van der Waals surface area contributed by atoms with E-state index in [-0.39, 0.29) is 17.8 Å². The minimum atomic E-state index is -0.0355. The monoisotopic (exact) mass is 268 g/mol. The Bertz CT molecular complexity index is 421. The third kappa shape index (κ3) is 3.92. The molecular formula is C13H20N2O2S. The minimum Gasteiger partial charge on any atom is -0.398 e. The SMILES string of the molecule is CC(CCO)Sc1cc(C(=O)N(C)C)ccc1N. The van der Waals surface area contributed by atoms with E-state index in [9.17, 15) is 4.79 Å². The Hall–Kier alpha value is -1.20. The van der Waals surface area contributed by atoms with Gasteiger partial charge in [0.2, 0.25) is 0 Å². The fraction of sp³-hybridized carbons (Fsp3) is 0.462. The molecule has 0 saturated heterocycles. The number of nitrogens with zero attached hydrogens (tertiary/aromatic N) is 1. The van der Waals surface area contributed by atoms with E-state index in [0.717, 1.165) is 4.90 Å². The summed E-state index contributed by atoms with van der Waals surface area (Å²) in [4.78, 5) is 14.3. The Kier molecular flexibility index (Phi) is 5.50. The van der Waals surface area contributed by atoms with Gasteiger partial charge in [0.1, 0.15) is 0 Å². The maximum atomic E-state index is 11.9. The topological polar surface area (TPSA) is 66.6 Å². The predicted octanol–water partition coefficient (Wildman–Crippen LogP) is 1.83. The number of aliphatic hydroxyl groups is 1. The van der Waals surface area contributed by atoms with Crippen molar-refractivity contribution in [3.63, 3.8) is 0 Å². The van der Waals surface area contributed by atoms with Crippen molar-refractivity contribution in [2.24, 2.45) is 0 Å². The Balaban J connectivity index is 2.91. The zero-order valence-corrected chi connectivity index (χ0v) is 11.8. The van der Waals surface area contributed by atoms with E-state index in [0.29, 0.717) is 17.7 Å². The van der Waals surface area contributed by atoms with Gasteiger partial charge in [-0.15, -0.1) is 11.8 Å². The van der Waals surface area contributed by atoms with E-state index in [1.54, 1.807) is 38.0 Å². The van der Waals surface area contributed by atoms with Gasteiger partial charge in [-0.1, -0.05) is 6.92 Å². The molecular weight excluding hydrogens is 248 g/mol. The second-order valence-electron chi connectivity index (χ2n) is 4.39. The third-order valence-corrected chi connectivity index (χ3v) is 3.78. The molecule has 0 spiro atoms. The molecule has 0 aliphatic carbocycles. The van der Waals surface area contributed by atoms with Crippen molar-refractivity contribution in [2.45, 2.75) is 23.5 Å². The number of nitrogens with two attached hydrogens (primary N) is 1. The maximum absolute atomic E-state index is 11.9. The van der Waals surface area contributed by atoms with Crippen LogP contribution in [-0.4, -0.2) is 41.9 Å². The van der Waals surface area contributed by atoms with Crippen molar-refractivity contribution in [2.75, 3.05) is 26.4 Å². The number of hydrogen-bond donors (Lipinski definition) is 2. The number of aliphatic hydroxyl groups excluding tert-OH is 1. The van der Waals surface area contributed by atoms with Gasteiger partial charge in [0.05, 0.1) is 0 Å². The van der Waals surface area contributed by atoms with Crippen LogP contribution in [0.25, 0.3) is 0 Å². The van der Waals surface area contributed by atoms with Gasteiger partial charge in [-0.05, 0) is 24.6 Å². The van der Waals surface area contributed by atoms with Crippen molar-refractivity contribution in [3.8, 4) is 0 Å². The Morgan fingerprint density at radius 2 is 2.17 bits per heavy atom. The van der Waals surface area contributed by atoms with Gasteiger partial charge >= 0.3 is 0 Å². The van der Waals surface area contributed by atoms with Crippen LogP contribution < -0.4 is 5.73 Å². The minimum absolute atomic E-state index is 0.0355. The first-order valence-corrected chi connectivity index (χ1v) is 6.72. The first-order chi connectivity index (χ1) is 8.45. The fourth-order valence-electron chi connectivity index (χ4n) is 1.49. The number of rotatable bonds is 5. The molecule has 5 heteroatoms. The van der Waals surface area contributed by atoms with Crippen LogP contribution in [0.5, 0.6) is 0 Å². The predicted molar refractivity (Wildman–Crippen MR) is 75.9 cm³/mol. The van der Waals surface area contributed by atoms with Crippen LogP contribution in [0.2, 0.25) is 0 Å². The highest BCUT2D eigenvalue weighted by atomic mass is 32.2. The first kappa shape index (κ1) is 14.9. The molecule has 18 heavy (non-hydrogen) atoms. The molecule has 100 valence electrons. The molecule has 0 bridgehead atoms. The van der Waals surface area contributed by atoms with Crippen LogP contribution in [-0.2, 0) is 0 Å². The quantitative estimate of drug-likeness (QED) is 0.631. The molecule has 0 saturated carbocycles. The van der Waals surface area contributed by atoms with E-state index in [4.69, 9.17) is 10.8 Å². The normalized spacial score (nSPS) is 12.2. The summed E-state index contributed by atoms with van der Waals surface area (Å²) in [6.07, 6.45) is 0.704. The Morgan fingerprint density at radius 3 is 2.72 bits per heavy atom. The molecule has 1 aromatic carbocycles. The average Bonchev–Trinajstić information content (AvgIpc) is 2.31. The number of thioether (sulfide) groups is 1. The Morgan fingerprint density at radius 1 is 1.50 bits per heavy atom. The van der Waals surface area contributed by atoms with Crippen LogP contribution in [0.1, 0.15) is 23.7 Å². The highest BCUT2D eigenvalue weighted by molar-refractivity contribution is 8.00. The summed E-state index contributed by atoms with van der Waals surface area (Å²) in [7, 11) is 3.44. The lowest BCUT2D eigenvalue weighted by molar-refractivity contribution is 0.0827. The first-order valence-electron chi connectivity index (χ1n) is 5.84. The number of benzene rings is 1. The van der Waals surface area contributed by atoms with Crippen LogP contribution in [0, 0.1) is 0 Å². The zero-order chi connectivity index (χ0) is 13.7. The highest BCUT2D eigenvalue weighted by Gasteiger charge is 2.12. The van der Waals surface area contributed by atoms with Crippen molar-refractivity contribution < 1.29 is 9.90 Å². The fourth-order valence-corrected chi connectivity index (χ4v) is 2.54. The molecule has 4 nitrogen and oxygen atoms in total. The summed E-state index contributed by atoms with van der Waals surface area (Å²) in [5.41, 5.74) is 7.20. The van der Waals surface area contributed by atoms with Crippen LogP contribution in [0.3, 0.4) is 0 Å². The van der Waals surface area contributed by atoms with Gasteiger partial charge in [-0.2, -0.15) is 0 Å². The lowest BCUT2D eigenvalue weighted by Crippen LogP contribution is -2.21. The number of carbonyl (C=O) groups excluding carboxylic acids is 1. The lowest BCUT2D eigenvalue weighted by atomic mass is 10.2. The second-order valence-corrected chi connectivity index (χ2v) is 5.87. The summed E-state index contributed by atoms with van der Waals surface area (Å²) in [5, 5.41) is 9.16. The molecule has 1 unspecified atom stereocenters. The zero-order valence-electron chi connectivity index (χ0n) is 11.0. The summed E-state index contributed by atoms with van der Waals surface area (Å²) in [6.45, 7) is 2.19. The van der Waals surface area contributed by atoms with Crippen molar-refractivity contribution >= 4 is 23.4 Å². The van der Waals surface area contributed by atoms with Crippen molar-refractivity contribution in [1.29, 1.82) is 0 Å². The van der Waals surface area contributed by atoms with Gasteiger partial charge in [0, 0.05) is 42.1 Å². The van der Waals surface area contributed by atoms with Crippen LogP contribution >= 0.6 is 11.8 Å². The van der Waals surface area contributed by atoms with Gasteiger partial charge < -0.3 is 15.7 Å². The van der Waals surface area contributed by atoms with Crippen LogP contribution in [0.4, 0.5) is 5.69 Å². The number of nitrogen functional groups attached to an aromatic ring is 1. The standard InChI is InChI=1S/C13H20N2O2S/c1-9(6-7-16)18-12-8-10(4-5-11(12)14)13(17)15(2)3/h4-5,8-9,16H,6-7,14H2,1-3H3. The van der Waals surface area contributed by atoms with Gasteiger partial charge in [0.25, 0.3) is 5.91 Å². The molecule has 0 radical (unpaired) electrons. The second kappa shape index (κ2) is 6.66. The third-order valence-electron chi connectivity index (χ3n) is 2.53. The molecule has 1 atom stereocenters. The van der Waals surface area contributed by atoms with Gasteiger partial charge in [0.15, 0.2) is 0 Å². The highest BCUT2D eigenvalue weighted by Crippen LogP contribution is 2.31.